The lowest BCUT2D eigenvalue weighted by atomic mass is 10.1. The number of hydrogen-bond donors (Lipinski definition) is 1. The van der Waals surface area contributed by atoms with Crippen molar-refractivity contribution < 1.29 is 0 Å². The van der Waals surface area contributed by atoms with Crippen molar-refractivity contribution in [1.82, 2.24) is 14.8 Å². The summed E-state index contributed by atoms with van der Waals surface area (Å²) in [5.74, 6) is 1.70. The standard InChI is InChI=1S/C13H14BrN3S/c1-8(9-4-6-11(14)7-5-9)17-12(10-2-3-10)15-16-13(17)18/h4-8,10H,2-3H2,1H3,(H,16,18). The van der Waals surface area contributed by atoms with Crippen LogP contribution in [0, 0.1) is 4.77 Å². The van der Waals surface area contributed by atoms with E-state index in [9.17, 15) is 0 Å². The van der Waals surface area contributed by atoms with Crippen molar-refractivity contribution in [2.24, 2.45) is 0 Å². The molecule has 2 aromatic rings. The van der Waals surface area contributed by atoms with Gasteiger partial charge < -0.3 is 0 Å². The van der Waals surface area contributed by atoms with Crippen molar-refractivity contribution in [3.05, 3.63) is 44.9 Å². The van der Waals surface area contributed by atoms with Crippen molar-refractivity contribution >= 4 is 28.1 Å². The highest BCUT2D eigenvalue weighted by Gasteiger charge is 2.30. The Labute approximate surface area is 119 Å². The SMILES string of the molecule is CC(c1ccc(Br)cc1)n1c(C2CC2)n[nH]c1=S. The van der Waals surface area contributed by atoms with Crippen LogP contribution in [0.3, 0.4) is 0 Å². The number of nitrogens with zero attached hydrogens (tertiary/aromatic N) is 2. The van der Waals surface area contributed by atoms with E-state index >= 15 is 0 Å². The van der Waals surface area contributed by atoms with Crippen molar-refractivity contribution in [2.45, 2.75) is 31.7 Å². The Hall–Kier alpha value is -0.940. The number of hydrogen-bond acceptors (Lipinski definition) is 2. The lowest BCUT2D eigenvalue weighted by molar-refractivity contribution is 0.595. The van der Waals surface area contributed by atoms with Gasteiger partial charge in [-0.15, -0.1) is 0 Å². The third-order valence-corrected chi connectivity index (χ3v) is 4.23. The molecule has 18 heavy (non-hydrogen) atoms. The average molecular weight is 324 g/mol. The number of halogens is 1. The van der Waals surface area contributed by atoms with Gasteiger partial charge >= 0.3 is 0 Å². The molecule has 94 valence electrons. The van der Waals surface area contributed by atoms with Crippen LogP contribution in [0.5, 0.6) is 0 Å². The second kappa shape index (κ2) is 4.63. The van der Waals surface area contributed by atoms with Crippen molar-refractivity contribution in [3.63, 3.8) is 0 Å². The fraction of sp³-hybridized carbons (Fsp3) is 0.385. The van der Waals surface area contributed by atoms with Gasteiger partial charge in [0.25, 0.3) is 0 Å². The topological polar surface area (TPSA) is 33.6 Å². The molecule has 1 fully saturated rings. The van der Waals surface area contributed by atoms with Crippen LogP contribution in [0.1, 0.15) is 43.1 Å². The number of nitrogens with one attached hydrogen (secondary N) is 1. The van der Waals surface area contributed by atoms with Gasteiger partial charge in [0.05, 0.1) is 6.04 Å². The van der Waals surface area contributed by atoms with Gasteiger partial charge in [-0.05, 0) is 49.7 Å². The van der Waals surface area contributed by atoms with E-state index in [0.717, 1.165) is 10.3 Å². The highest BCUT2D eigenvalue weighted by atomic mass is 79.9. The summed E-state index contributed by atoms with van der Waals surface area (Å²) in [5.41, 5.74) is 1.25. The molecule has 0 bridgehead atoms. The molecule has 1 saturated carbocycles. The lowest BCUT2D eigenvalue weighted by Gasteiger charge is -2.16. The molecule has 0 saturated heterocycles. The van der Waals surface area contributed by atoms with E-state index in [1.54, 1.807) is 0 Å². The Bertz CT molecular complexity index is 610. The third-order valence-electron chi connectivity index (χ3n) is 3.41. The van der Waals surface area contributed by atoms with Gasteiger partial charge in [-0.25, -0.2) is 0 Å². The first-order chi connectivity index (χ1) is 8.66. The maximum atomic E-state index is 5.36. The maximum Gasteiger partial charge on any atom is 0.195 e. The maximum absolute atomic E-state index is 5.36. The van der Waals surface area contributed by atoms with Crippen LogP contribution in [0.4, 0.5) is 0 Å². The Morgan fingerprint density at radius 1 is 1.39 bits per heavy atom. The molecule has 3 nitrogen and oxygen atoms in total. The summed E-state index contributed by atoms with van der Waals surface area (Å²) in [6.07, 6.45) is 2.46. The lowest BCUT2D eigenvalue weighted by Crippen LogP contribution is -2.10. The highest BCUT2D eigenvalue weighted by Crippen LogP contribution is 2.40. The van der Waals surface area contributed by atoms with Gasteiger partial charge in [0.15, 0.2) is 4.77 Å². The Morgan fingerprint density at radius 3 is 2.67 bits per heavy atom. The van der Waals surface area contributed by atoms with Crippen LogP contribution in [-0.2, 0) is 0 Å². The molecule has 0 spiro atoms. The monoisotopic (exact) mass is 323 g/mol. The molecule has 1 aromatic carbocycles. The average Bonchev–Trinajstić information content (AvgIpc) is 3.13. The van der Waals surface area contributed by atoms with Crippen LogP contribution in [0.15, 0.2) is 28.7 Å². The molecule has 1 atom stereocenters. The minimum atomic E-state index is 0.222. The fourth-order valence-electron chi connectivity index (χ4n) is 2.21. The van der Waals surface area contributed by atoms with E-state index in [2.05, 4.69) is 61.9 Å². The molecular weight excluding hydrogens is 310 g/mol. The first-order valence-electron chi connectivity index (χ1n) is 6.09. The Balaban J connectivity index is 2.01. The second-order valence-electron chi connectivity index (χ2n) is 4.76. The van der Waals surface area contributed by atoms with E-state index in [1.807, 2.05) is 0 Å². The molecule has 1 aromatic heterocycles. The number of H-pyrrole nitrogens is 1. The Kier molecular flexibility index (Phi) is 3.11. The summed E-state index contributed by atoms with van der Waals surface area (Å²) in [4.78, 5) is 0. The van der Waals surface area contributed by atoms with Crippen molar-refractivity contribution in [1.29, 1.82) is 0 Å². The van der Waals surface area contributed by atoms with E-state index in [0.29, 0.717) is 10.7 Å². The third kappa shape index (κ3) is 2.17. The van der Waals surface area contributed by atoms with E-state index in [4.69, 9.17) is 12.2 Å². The number of aromatic amines is 1. The van der Waals surface area contributed by atoms with E-state index in [1.165, 1.54) is 18.4 Å². The largest absolute Gasteiger partial charge is 0.297 e. The predicted octanol–water partition coefficient (Wildman–Crippen LogP) is 4.19. The first kappa shape index (κ1) is 12.1. The summed E-state index contributed by atoms with van der Waals surface area (Å²) in [5, 5.41) is 7.31. The second-order valence-corrected chi connectivity index (χ2v) is 6.06. The van der Waals surface area contributed by atoms with E-state index in [-0.39, 0.29) is 6.04 Å². The molecule has 0 radical (unpaired) electrons. The summed E-state index contributed by atoms with van der Waals surface area (Å²) in [6.45, 7) is 2.17. The Morgan fingerprint density at radius 2 is 2.06 bits per heavy atom. The summed E-state index contributed by atoms with van der Waals surface area (Å²) in [7, 11) is 0. The molecule has 1 aliphatic rings. The molecule has 3 rings (SSSR count). The molecule has 1 unspecified atom stereocenters. The smallest absolute Gasteiger partial charge is 0.195 e. The summed E-state index contributed by atoms with van der Waals surface area (Å²) >= 11 is 8.82. The van der Waals surface area contributed by atoms with Gasteiger partial charge in [0, 0.05) is 10.4 Å². The zero-order chi connectivity index (χ0) is 12.7. The zero-order valence-electron chi connectivity index (χ0n) is 10.1. The van der Waals surface area contributed by atoms with Gasteiger partial charge in [-0.1, -0.05) is 28.1 Å². The van der Waals surface area contributed by atoms with E-state index < -0.39 is 0 Å². The summed E-state index contributed by atoms with van der Waals surface area (Å²) in [6, 6.07) is 8.60. The molecule has 1 aliphatic carbocycles. The molecular formula is C13H14BrN3S. The van der Waals surface area contributed by atoms with Gasteiger partial charge in [-0.2, -0.15) is 5.10 Å². The predicted molar refractivity (Wildman–Crippen MR) is 77.3 cm³/mol. The molecule has 5 heteroatoms. The number of rotatable bonds is 3. The molecule has 0 aliphatic heterocycles. The van der Waals surface area contributed by atoms with Crippen molar-refractivity contribution in [2.75, 3.05) is 0 Å². The molecule has 1 N–H and O–H groups in total. The molecule has 0 amide bonds. The van der Waals surface area contributed by atoms with Crippen LogP contribution >= 0.6 is 28.1 Å². The highest BCUT2D eigenvalue weighted by molar-refractivity contribution is 9.10. The van der Waals surface area contributed by atoms with Crippen LogP contribution in [0.2, 0.25) is 0 Å². The minimum Gasteiger partial charge on any atom is -0.297 e. The van der Waals surface area contributed by atoms with Gasteiger partial charge in [0.1, 0.15) is 5.82 Å². The van der Waals surface area contributed by atoms with Crippen LogP contribution in [0.25, 0.3) is 0 Å². The quantitative estimate of drug-likeness (QED) is 0.859. The fourth-order valence-corrected chi connectivity index (χ4v) is 2.77. The molecule has 1 heterocycles. The number of benzene rings is 1. The van der Waals surface area contributed by atoms with Gasteiger partial charge in [0.2, 0.25) is 0 Å². The summed E-state index contributed by atoms with van der Waals surface area (Å²) < 4.78 is 3.96. The van der Waals surface area contributed by atoms with Crippen molar-refractivity contribution in [3.8, 4) is 0 Å². The zero-order valence-corrected chi connectivity index (χ0v) is 12.5. The first-order valence-corrected chi connectivity index (χ1v) is 7.29. The normalized spacial score (nSPS) is 16.8. The van der Waals surface area contributed by atoms with Crippen LogP contribution in [-0.4, -0.2) is 14.8 Å². The van der Waals surface area contributed by atoms with Gasteiger partial charge in [-0.3, -0.25) is 9.67 Å². The number of aromatic nitrogens is 3. The van der Waals surface area contributed by atoms with Crippen LogP contribution < -0.4 is 0 Å². The minimum absolute atomic E-state index is 0.222.